The van der Waals surface area contributed by atoms with Crippen LogP contribution in [0.5, 0.6) is 0 Å². The van der Waals surface area contributed by atoms with Crippen molar-refractivity contribution in [2.75, 3.05) is 5.75 Å². The van der Waals surface area contributed by atoms with Crippen LogP contribution in [0.2, 0.25) is 0 Å². The molecular weight excluding hydrogens is 358 g/mol. The van der Waals surface area contributed by atoms with Crippen LogP contribution in [0.3, 0.4) is 0 Å². The van der Waals surface area contributed by atoms with Crippen LogP contribution in [-0.4, -0.2) is 26.7 Å². The Balaban J connectivity index is 1.43. The molecule has 0 spiro atoms. The molecule has 0 fully saturated rings. The van der Waals surface area contributed by atoms with E-state index in [9.17, 15) is 4.79 Å². The molecule has 6 heteroatoms. The molecule has 0 saturated heterocycles. The summed E-state index contributed by atoms with van der Waals surface area (Å²) >= 11 is 1.27. The van der Waals surface area contributed by atoms with E-state index in [-0.39, 0.29) is 11.5 Å². The van der Waals surface area contributed by atoms with Crippen LogP contribution in [0.1, 0.15) is 34.3 Å². The zero-order valence-electron chi connectivity index (χ0n) is 14.9. The van der Waals surface area contributed by atoms with Gasteiger partial charge in [-0.3, -0.25) is 4.79 Å². The lowest BCUT2D eigenvalue weighted by atomic mass is 10.1. The van der Waals surface area contributed by atoms with Crippen molar-refractivity contribution in [1.82, 2.24) is 15.2 Å². The first-order valence-electron chi connectivity index (χ1n) is 8.86. The molecule has 136 valence electrons. The van der Waals surface area contributed by atoms with Crippen molar-refractivity contribution in [3.63, 3.8) is 0 Å². The standard InChI is InChI=1S/C21H19N3O2S/c1-2-15-9-6-10-16-17(12-22-20(15)16)18(25)13-27-21-24-23-19(26-21)11-14-7-4-3-5-8-14/h3-10,12,22H,2,11,13H2,1H3. The summed E-state index contributed by atoms with van der Waals surface area (Å²) in [5.74, 6) is 0.856. The fourth-order valence-electron chi connectivity index (χ4n) is 3.09. The highest BCUT2D eigenvalue weighted by Gasteiger charge is 2.16. The number of aryl methyl sites for hydroxylation is 1. The van der Waals surface area contributed by atoms with Gasteiger partial charge >= 0.3 is 0 Å². The van der Waals surface area contributed by atoms with Crippen LogP contribution in [0.4, 0.5) is 0 Å². The number of aromatic nitrogens is 3. The predicted octanol–water partition coefficient (Wildman–Crippen LogP) is 4.68. The monoisotopic (exact) mass is 377 g/mol. The number of nitrogens with one attached hydrogen (secondary N) is 1. The number of ketones is 1. The van der Waals surface area contributed by atoms with E-state index in [1.165, 1.54) is 17.3 Å². The summed E-state index contributed by atoms with van der Waals surface area (Å²) in [6, 6.07) is 16.0. The van der Waals surface area contributed by atoms with Gasteiger partial charge in [0.15, 0.2) is 5.78 Å². The van der Waals surface area contributed by atoms with Crippen molar-refractivity contribution in [2.45, 2.75) is 25.0 Å². The number of H-pyrrole nitrogens is 1. The zero-order valence-corrected chi connectivity index (χ0v) is 15.8. The first-order chi connectivity index (χ1) is 13.2. The average molecular weight is 377 g/mol. The van der Waals surface area contributed by atoms with Crippen molar-refractivity contribution in [1.29, 1.82) is 0 Å². The smallest absolute Gasteiger partial charge is 0.277 e. The summed E-state index contributed by atoms with van der Waals surface area (Å²) < 4.78 is 5.66. The Morgan fingerprint density at radius 3 is 2.78 bits per heavy atom. The van der Waals surface area contributed by atoms with Crippen LogP contribution in [0.25, 0.3) is 10.9 Å². The van der Waals surface area contributed by atoms with Crippen molar-refractivity contribution < 1.29 is 9.21 Å². The summed E-state index contributed by atoms with van der Waals surface area (Å²) in [6.07, 6.45) is 3.30. The molecule has 5 nitrogen and oxygen atoms in total. The Hall–Kier alpha value is -2.86. The molecule has 0 bridgehead atoms. The number of rotatable bonds is 7. The second-order valence-corrected chi connectivity index (χ2v) is 7.16. The first-order valence-corrected chi connectivity index (χ1v) is 9.84. The van der Waals surface area contributed by atoms with Crippen LogP contribution < -0.4 is 0 Å². The minimum atomic E-state index is 0.0438. The van der Waals surface area contributed by atoms with Crippen molar-refractivity contribution in [3.8, 4) is 0 Å². The van der Waals surface area contributed by atoms with Gasteiger partial charge in [0.25, 0.3) is 5.22 Å². The minimum absolute atomic E-state index is 0.0438. The van der Waals surface area contributed by atoms with Crippen LogP contribution in [0.15, 0.2) is 64.4 Å². The molecule has 0 aliphatic rings. The molecule has 0 aliphatic carbocycles. The fraction of sp³-hybridized carbons (Fsp3) is 0.190. The third-order valence-electron chi connectivity index (χ3n) is 4.46. The van der Waals surface area contributed by atoms with E-state index in [1.54, 1.807) is 6.20 Å². The third-order valence-corrected chi connectivity index (χ3v) is 5.27. The van der Waals surface area contributed by atoms with Crippen LogP contribution in [-0.2, 0) is 12.8 Å². The van der Waals surface area contributed by atoms with Crippen molar-refractivity contribution in [2.24, 2.45) is 0 Å². The Bertz CT molecular complexity index is 1070. The number of fused-ring (bicyclic) bond motifs is 1. The van der Waals surface area contributed by atoms with E-state index in [0.29, 0.717) is 23.1 Å². The number of hydrogen-bond acceptors (Lipinski definition) is 5. The van der Waals surface area contributed by atoms with E-state index in [1.807, 2.05) is 42.5 Å². The molecule has 4 aromatic rings. The molecule has 1 N–H and O–H groups in total. The summed E-state index contributed by atoms with van der Waals surface area (Å²) in [5.41, 5.74) is 4.06. The predicted molar refractivity (Wildman–Crippen MR) is 106 cm³/mol. The van der Waals surface area contributed by atoms with Gasteiger partial charge < -0.3 is 9.40 Å². The highest BCUT2D eigenvalue weighted by Crippen LogP contribution is 2.25. The average Bonchev–Trinajstić information content (AvgIpc) is 3.33. The number of para-hydroxylation sites is 1. The van der Waals surface area contributed by atoms with Crippen molar-refractivity contribution in [3.05, 3.63) is 77.3 Å². The minimum Gasteiger partial charge on any atom is -0.416 e. The van der Waals surface area contributed by atoms with E-state index in [4.69, 9.17) is 4.42 Å². The molecule has 0 aliphatic heterocycles. The first kappa shape index (κ1) is 17.5. The third kappa shape index (κ3) is 3.80. The maximum Gasteiger partial charge on any atom is 0.277 e. The summed E-state index contributed by atoms with van der Waals surface area (Å²) in [7, 11) is 0. The number of aromatic amines is 1. The Kier molecular flexibility index (Phi) is 5.07. The SMILES string of the molecule is CCc1cccc2c(C(=O)CSc3nnc(Cc4ccccc4)o3)c[nH]c12. The topological polar surface area (TPSA) is 71.8 Å². The Morgan fingerprint density at radius 1 is 1.11 bits per heavy atom. The van der Waals surface area contributed by atoms with E-state index in [2.05, 4.69) is 28.2 Å². The van der Waals surface area contributed by atoms with Gasteiger partial charge in [-0.15, -0.1) is 10.2 Å². The Labute approximate surface area is 161 Å². The van der Waals surface area contributed by atoms with Gasteiger partial charge in [0.2, 0.25) is 5.89 Å². The van der Waals surface area contributed by atoms with Gasteiger partial charge in [-0.2, -0.15) is 0 Å². The highest BCUT2D eigenvalue weighted by atomic mass is 32.2. The fourth-order valence-corrected chi connectivity index (χ4v) is 3.75. The Morgan fingerprint density at radius 2 is 1.96 bits per heavy atom. The van der Waals surface area contributed by atoms with Gasteiger partial charge in [0, 0.05) is 22.7 Å². The molecule has 4 rings (SSSR count). The van der Waals surface area contributed by atoms with Crippen LogP contribution in [0, 0.1) is 0 Å². The van der Waals surface area contributed by atoms with E-state index < -0.39 is 0 Å². The van der Waals surface area contributed by atoms with Gasteiger partial charge in [0.05, 0.1) is 12.2 Å². The van der Waals surface area contributed by atoms with E-state index in [0.717, 1.165) is 22.9 Å². The molecule has 2 heterocycles. The van der Waals surface area contributed by atoms with Gasteiger partial charge in [-0.25, -0.2) is 0 Å². The molecule has 2 aromatic carbocycles. The largest absolute Gasteiger partial charge is 0.416 e. The molecule has 0 unspecified atom stereocenters. The van der Waals surface area contributed by atoms with Gasteiger partial charge in [-0.05, 0) is 17.5 Å². The number of thioether (sulfide) groups is 1. The number of carbonyl (C=O) groups excluding carboxylic acids is 1. The number of benzene rings is 2. The quantitative estimate of drug-likeness (QED) is 0.374. The zero-order chi connectivity index (χ0) is 18.6. The summed E-state index contributed by atoms with van der Waals surface area (Å²) in [5, 5.41) is 9.50. The number of hydrogen-bond donors (Lipinski definition) is 1. The number of nitrogens with zero attached hydrogens (tertiary/aromatic N) is 2. The van der Waals surface area contributed by atoms with Gasteiger partial charge in [-0.1, -0.05) is 67.2 Å². The molecule has 0 saturated carbocycles. The lowest BCUT2D eigenvalue weighted by Crippen LogP contribution is -2.01. The molecule has 0 amide bonds. The lowest BCUT2D eigenvalue weighted by molar-refractivity contribution is 0.102. The van der Waals surface area contributed by atoms with Gasteiger partial charge in [0.1, 0.15) is 0 Å². The summed E-state index contributed by atoms with van der Waals surface area (Å²) in [6.45, 7) is 2.11. The summed E-state index contributed by atoms with van der Waals surface area (Å²) in [4.78, 5) is 15.9. The molecule has 2 aromatic heterocycles. The molecular formula is C21H19N3O2S. The van der Waals surface area contributed by atoms with Crippen molar-refractivity contribution >= 4 is 28.4 Å². The van der Waals surface area contributed by atoms with Crippen LogP contribution >= 0.6 is 11.8 Å². The van der Waals surface area contributed by atoms with E-state index >= 15 is 0 Å². The normalized spacial score (nSPS) is 11.1. The maximum absolute atomic E-state index is 12.7. The number of Topliss-reactive ketones (excluding diaryl/α,β-unsaturated/α-hetero) is 1. The molecule has 0 atom stereocenters. The lowest BCUT2D eigenvalue weighted by Gasteiger charge is -2.00. The number of carbonyl (C=O) groups is 1. The second kappa shape index (κ2) is 7.80. The maximum atomic E-state index is 12.7. The second-order valence-electron chi connectivity index (χ2n) is 6.23. The highest BCUT2D eigenvalue weighted by molar-refractivity contribution is 7.99. The molecule has 27 heavy (non-hydrogen) atoms. The molecule has 0 radical (unpaired) electrons.